The second-order valence-electron chi connectivity index (χ2n) is 4.89. The summed E-state index contributed by atoms with van der Waals surface area (Å²) < 4.78 is 0. The van der Waals surface area contributed by atoms with Gasteiger partial charge in [0.15, 0.2) is 5.96 Å². The normalized spacial score (nSPS) is 10.2. The molecule has 0 atom stereocenters. The predicted molar refractivity (Wildman–Crippen MR) is 97.4 cm³/mol. The van der Waals surface area contributed by atoms with Gasteiger partial charge in [0, 0.05) is 16.0 Å². The highest BCUT2D eigenvalue weighted by Crippen LogP contribution is 2.31. The average molecular weight is 348 g/mol. The van der Waals surface area contributed by atoms with E-state index in [1.165, 1.54) is 0 Å². The minimum absolute atomic E-state index is 0. The van der Waals surface area contributed by atoms with Gasteiger partial charge in [-0.1, -0.05) is 35.9 Å². The molecule has 0 saturated heterocycles. The lowest BCUT2D eigenvalue weighted by Crippen LogP contribution is -2.22. The number of nitrogens with zero attached hydrogens (tertiary/aromatic N) is 3. The summed E-state index contributed by atoms with van der Waals surface area (Å²) in [6.07, 6.45) is 0. The van der Waals surface area contributed by atoms with Crippen molar-refractivity contribution in [2.45, 2.75) is 6.92 Å². The van der Waals surface area contributed by atoms with Crippen LogP contribution in [0.1, 0.15) is 5.56 Å². The fraction of sp³-hybridized carbons (Fsp3) is 0.0625. The molecule has 0 aliphatic heterocycles. The molecule has 0 fully saturated rings. The number of hydrogen-bond donors (Lipinski definition) is 2. The summed E-state index contributed by atoms with van der Waals surface area (Å²) in [4.78, 5) is 12.8. The Morgan fingerprint density at radius 3 is 2.52 bits per heavy atom. The van der Waals surface area contributed by atoms with E-state index in [1.807, 2.05) is 43.3 Å². The number of benzene rings is 2. The number of aromatic nitrogens is 2. The Labute approximate surface area is 144 Å². The van der Waals surface area contributed by atoms with Crippen LogP contribution in [0.2, 0.25) is 5.02 Å². The van der Waals surface area contributed by atoms with Gasteiger partial charge in [-0.15, -0.1) is 12.4 Å². The fourth-order valence-corrected chi connectivity index (χ4v) is 2.47. The van der Waals surface area contributed by atoms with Crippen LogP contribution < -0.4 is 11.5 Å². The molecule has 5 nitrogen and oxygen atoms in total. The topological polar surface area (TPSA) is 90.2 Å². The zero-order chi connectivity index (χ0) is 15.7. The Kier molecular flexibility index (Phi) is 5.03. The van der Waals surface area contributed by atoms with E-state index in [0.29, 0.717) is 5.02 Å². The van der Waals surface area contributed by atoms with Crippen molar-refractivity contribution in [1.29, 1.82) is 0 Å². The Morgan fingerprint density at radius 2 is 1.83 bits per heavy atom. The standard InChI is InChI=1S/C16H14ClN5.ClH/c1-9-4-2-3-5-11(9)14-12-8-10(17)6-7-13(12)20-16(21-14)22-15(18)19;/h2-8H,1H3,(H4,18,19,20,21,22);1H. The lowest BCUT2D eigenvalue weighted by molar-refractivity contribution is 1.17. The van der Waals surface area contributed by atoms with Gasteiger partial charge in [-0.3, -0.25) is 0 Å². The van der Waals surface area contributed by atoms with Gasteiger partial charge in [0.2, 0.25) is 0 Å². The zero-order valence-corrected chi connectivity index (χ0v) is 13.9. The van der Waals surface area contributed by atoms with Crippen molar-refractivity contribution >= 4 is 46.8 Å². The third-order valence-corrected chi connectivity index (χ3v) is 3.51. The molecule has 0 spiro atoms. The number of hydrogen-bond acceptors (Lipinski definition) is 3. The Balaban J connectivity index is 0.00000192. The first-order valence-electron chi connectivity index (χ1n) is 6.67. The van der Waals surface area contributed by atoms with Gasteiger partial charge in [0.1, 0.15) is 0 Å². The molecule has 1 aromatic heterocycles. The van der Waals surface area contributed by atoms with Crippen molar-refractivity contribution in [3.05, 3.63) is 53.1 Å². The van der Waals surface area contributed by atoms with E-state index in [4.69, 9.17) is 23.1 Å². The molecule has 2 aromatic carbocycles. The molecular formula is C16H15Cl2N5. The zero-order valence-electron chi connectivity index (χ0n) is 12.3. The van der Waals surface area contributed by atoms with Crippen molar-refractivity contribution in [2.75, 3.05) is 0 Å². The molecule has 118 valence electrons. The number of aliphatic imine (C=N–C) groups is 1. The third kappa shape index (κ3) is 3.52. The molecule has 7 heteroatoms. The molecule has 0 unspecified atom stereocenters. The van der Waals surface area contributed by atoms with Crippen molar-refractivity contribution in [3.8, 4) is 11.3 Å². The van der Waals surface area contributed by atoms with E-state index in [1.54, 1.807) is 6.07 Å². The molecule has 0 saturated carbocycles. The maximum Gasteiger partial charge on any atom is 0.253 e. The number of rotatable bonds is 2. The molecule has 0 bridgehead atoms. The van der Waals surface area contributed by atoms with Crippen LogP contribution in [0.4, 0.5) is 5.95 Å². The Morgan fingerprint density at radius 1 is 1.09 bits per heavy atom. The van der Waals surface area contributed by atoms with Crippen molar-refractivity contribution in [2.24, 2.45) is 16.5 Å². The van der Waals surface area contributed by atoms with Gasteiger partial charge >= 0.3 is 0 Å². The molecule has 0 aliphatic rings. The van der Waals surface area contributed by atoms with Crippen LogP contribution in [0.5, 0.6) is 0 Å². The van der Waals surface area contributed by atoms with E-state index in [9.17, 15) is 0 Å². The maximum atomic E-state index is 6.12. The number of fused-ring (bicyclic) bond motifs is 1. The van der Waals surface area contributed by atoms with Crippen LogP contribution in [0.15, 0.2) is 47.5 Å². The number of halogens is 2. The second-order valence-corrected chi connectivity index (χ2v) is 5.32. The van der Waals surface area contributed by atoms with Crippen molar-refractivity contribution in [3.63, 3.8) is 0 Å². The van der Waals surface area contributed by atoms with Crippen LogP contribution >= 0.6 is 24.0 Å². The Bertz CT molecular complexity index is 889. The summed E-state index contributed by atoms with van der Waals surface area (Å²) in [6, 6.07) is 13.4. The van der Waals surface area contributed by atoms with E-state index in [-0.39, 0.29) is 24.3 Å². The summed E-state index contributed by atoms with van der Waals surface area (Å²) in [5.74, 6) is 0.150. The summed E-state index contributed by atoms with van der Waals surface area (Å²) in [5, 5.41) is 1.48. The van der Waals surface area contributed by atoms with Gasteiger partial charge in [0.25, 0.3) is 5.95 Å². The van der Waals surface area contributed by atoms with Gasteiger partial charge in [-0.05, 0) is 30.7 Å². The van der Waals surface area contributed by atoms with Crippen molar-refractivity contribution < 1.29 is 0 Å². The molecule has 0 aliphatic carbocycles. The molecule has 23 heavy (non-hydrogen) atoms. The van der Waals surface area contributed by atoms with Crippen LogP contribution in [0, 0.1) is 6.92 Å². The first-order valence-corrected chi connectivity index (χ1v) is 7.05. The quantitative estimate of drug-likeness (QED) is 0.547. The molecule has 3 aromatic rings. The lowest BCUT2D eigenvalue weighted by Gasteiger charge is -2.09. The lowest BCUT2D eigenvalue weighted by atomic mass is 10.0. The number of nitrogens with two attached hydrogens (primary N) is 2. The molecular weight excluding hydrogens is 333 g/mol. The van der Waals surface area contributed by atoms with E-state index >= 15 is 0 Å². The van der Waals surface area contributed by atoms with Crippen LogP contribution in [-0.2, 0) is 0 Å². The van der Waals surface area contributed by atoms with Gasteiger partial charge < -0.3 is 11.5 Å². The monoisotopic (exact) mass is 347 g/mol. The van der Waals surface area contributed by atoms with Crippen LogP contribution in [0.25, 0.3) is 22.2 Å². The van der Waals surface area contributed by atoms with E-state index in [0.717, 1.165) is 27.7 Å². The highest BCUT2D eigenvalue weighted by atomic mass is 35.5. The minimum Gasteiger partial charge on any atom is -0.370 e. The van der Waals surface area contributed by atoms with E-state index < -0.39 is 0 Å². The average Bonchev–Trinajstić information content (AvgIpc) is 2.47. The first-order chi connectivity index (χ1) is 10.5. The summed E-state index contributed by atoms with van der Waals surface area (Å²) in [6.45, 7) is 2.02. The number of aryl methyl sites for hydroxylation is 1. The van der Waals surface area contributed by atoms with Gasteiger partial charge in [0.05, 0.1) is 11.2 Å². The summed E-state index contributed by atoms with van der Waals surface area (Å²) in [5.41, 5.74) is 14.5. The highest BCUT2D eigenvalue weighted by Gasteiger charge is 2.12. The van der Waals surface area contributed by atoms with Crippen LogP contribution in [0.3, 0.4) is 0 Å². The molecule has 1 heterocycles. The smallest absolute Gasteiger partial charge is 0.253 e. The maximum absolute atomic E-state index is 6.12. The first kappa shape index (κ1) is 17.0. The largest absolute Gasteiger partial charge is 0.370 e. The Hall–Kier alpha value is -2.37. The second kappa shape index (κ2) is 6.81. The van der Waals surface area contributed by atoms with Gasteiger partial charge in [-0.2, -0.15) is 4.99 Å². The van der Waals surface area contributed by atoms with Gasteiger partial charge in [-0.25, -0.2) is 9.97 Å². The predicted octanol–water partition coefficient (Wildman–Crippen LogP) is 3.59. The molecule has 3 rings (SSSR count). The molecule has 4 N–H and O–H groups in total. The molecule has 0 radical (unpaired) electrons. The van der Waals surface area contributed by atoms with Crippen molar-refractivity contribution in [1.82, 2.24) is 9.97 Å². The highest BCUT2D eigenvalue weighted by molar-refractivity contribution is 6.31. The number of guanidine groups is 1. The van der Waals surface area contributed by atoms with Crippen LogP contribution in [-0.4, -0.2) is 15.9 Å². The van der Waals surface area contributed by atoms with E-state index in [2.05, 4.69) is 15.0 Å². The fourth-order valence-electron chi connectivity index (χ4n) is 2.30. The molecule has 0 amide bonds. The summed E-state index contributed by atoms with van der Waals surface area (Å²) >= 11 is 6.12. The minimum atomic E-state index is -0.0796. The summed E-state index contributed by atoms with van der Waals surface area (Å²) in [7, 11) is 0. The third-order valence-electron chi connectivity index (χ3n) is 3.28. The SMILES string of the molecule is Cc1ccccc1-c1nc(N=C(N)N)nc2ccc(Cl)cc12.Cl.